The summed E-state index contributed by atoms with van der Waals surface area (Å²) in [5, 5.41) is 7.52. The second-order valence-corrected chi connectivity index (χ2v) is 10.5. The van der Waals surface area contributed by atoms with Crippen molar-refractivity contribution in [1.82, 2.24) is 14.1 Å². The normalized spacial score (nSPS) is 11.5. The number of methoxy groups -OCH3 is 1. The maximum absolute atomic E-state index is 13.4. The Morgan fingerprint density at radius 3 is 2.34 bits per heavy atom. The number of hydrogen-bond donors (Lipinski definition) is 1. The van der Waals surface area contributed by atoms with Crippen molar-refractivity contribution in [2.24, 2.45) is 0 Å². The molecule has 0 unspecified atom stereocenters. The Balaban J connectivity index is 1.63. The molecular weight excluding hydrogens is 507 g/mol. The van der Waals surface area contributed by atoms with Crippen molar-refractivity contribution in [2.45, 2.75) is 24.7 Å². The third kappa shape index (κ3) is 6.27. The molecule has 0 bridgehead atoms. The van der Waals surface area contributed by atoms with Crippen LogP contribution in [0.1, 0.15) is 19.8 Å². The predicted molar refractivity (Wildman–Crippen MR) is 144 cm³/mol. The smallest absolute Gasteiger partial charge is 0.243 e. The molecule has 0 saturated carbocycles. The van der Waals surface area contributed by atoms with Gasteiger partial charge in [-0.3, -0.25) is 4.79 Å². The number of ether oxygens (including phenoxy) is 1. The van der Waals surface area contributed by atoms with Crippen LogP contribution in [0.3, 0.4) is 0 Å². The quantitative estimate of drug-likeness (QED) is 0.287. The van der Waals surface area contributed by atoms with E-state index in [4.69, 9.17) is 4.74 Å². The van der Waals surface area contributed by atoms with Crippen LogP contribution in [0.4, 0.5) is 10.2 Å². The molecule has 0 atom stereocenters. The van der Waals surface area contributed by atoms with Crippen LogP contribution in [0.25, 0.3) is 16.9 Å². The fourth-order valence-electron chi connectivity index (χ4n) is 3.86. The van der Waals surface area contributed by atoms with Gasteiger partial charge in [0.05, 0.1) is 29.9 Å². The second kappa shape index (κ2) is 12.0. The molecule has 1 aromatic heterocycles. The van der Waals surface area contributed by atoms with Crippen LogP contribution in [-0.4, -0.2) is 48.6 Å². The van der Waals surface area contributed by atoms with Crippen LogP contribution in [0, 0.1) is 5.82 Å². The highest BCUT2D eigenvalue weighted by atomic mass is 32.2. The van der Waals surface area contributed by atoms with E-state index in [-0.39, 0.29) is 11.4 Å². The van der Waals surface area contributed by atoms with Gasteiger partial charge in [0.25, 0.3) is 0 Å². The van der Waals surface area contributed by atoms with Gasteiger partial charge in [-0.2, -0.15) is 9.40 Å². The van der Waals surface area contributed by atoms with Crippen molar-refractivity contribution in [2.75, 3.05) is 25.5 Å². The molecule has 0 fully saturated rings. The Morgan fingerprint density at radius 2 is 1.71 bits per heavy atom. The molecular formula is C28H29FN4O4S. The number of carbonyl (C=O) groups excluding carboxylic acids is 1. The van der Waals surface area contributed by atoms with E-state index in [1.807, 2.05) is 49.4 Å². The number of aromatic nitrogens is 2. The summed E-state index contributed by atoms with van der Waals surface area (Å²) in [6, 6.07) is 23.0. The lowest BCUT2D eigenvalue weighted by Gasteiger charge is -2.21. The molecule has 1 heterocycles. The van der Waals surface area contributed by atoms with Crippen molar-refractivity contribution in [3.63, 3.8) is 0 Å². The number of sulfonamides is 1. The van der Waals surface area contributed by atoms with Crippen LogP contribution in [-0.2, 0) is 14.8 Å². The monoisotopic (exact) mass is 536 g/mol. The zero-order valence-corrected chi connectivity index (χ0v) is 22.0. The number of unbranched alkanes of at least 4 members (excludes halogenated alkanes) is 1. The number of benzene rings is 3. The number of anilines is 1. The van der Waals surface area contributed by atoms with Gasteiger partial charge in [0.2, 0.25) is 15.9 Å². The number of carbonyl (C=O) groups is 1. The molecule has 1 amide bonds. The molecule has 4 rings (SSSR count). The predicted octanol–water partition coefficient (Wildman–Crippen LogP) is 5.12. The Labute approximate surface area is 221 Å². The van der Waals surface area contributed by atoms with E-state index in [0.29, 0.717) is 29.4 Å². The third-order valence-corrected chi connectivity index (χ3v) is 7.76. The first-order valence-corrected chi connectivity index (χ1v) is 13.6. The lowest BCUT2D eigenvalue weighted by Crippen LogP contribution is -2.38. The highest BCUT2D eigenvalue weighted by Gasteiger charge is 2.27. The molecule has 0 spiro atoms. The summed E-state index contributed by atoms with van der Waals surface area (Å²) >= 11 is 0. The highest BCUT2D eigenvalue weighted by Crippen LogP contribution is 2.26. The van der Waals surface area contributed by atoms with Gasteiger partial charge in [-0.05, 0) is 55.0 Å². The molecule has 38 heavy (non-hydrogen) atoms. The maximum atomic E-state index is 13.4. The summed E-state index contributed by atoms with van der Waals surface area (Å²) in [4.78, 5) is 13.1. The molecule has 198 valence electrons. The van der Waals surface area contributed by atoms with Gasteiger partial charge in [0, 0.05) is 18.2 Å². The van der Waals surface area contributed by atoms with Gasteiger partial charge in [-0.15, -0.1) is 0 Å². The number of nitrogens with one attached hydrogen (secondary N) is 1. The first kappa shape index (κ1) is 27.0. The maximum Gasteiger partial charge on any atom is 0.243 e. The van der Waals surface area contributed by atoms with E-state index in [2.05, 4.69) is 10.4 Å². The minimum atomic E-state index is -4.02. The van der Waals surface area contributed by atoms with E-state index in [0.717, 1.165) is 28.4 Å². The van der Waals surface area contributed by atoms with Gasteiger partial charge < -0.3 is 10.1 Å². The molecule has 0 aliphatic heterocycles. The molecule has 0 aliphatic carbocycles. The fourth-order valence-corrected chi connectivity index (χ4v) is 5.29. The van der Waals surface area contributed by atoms with Crippen molar-refractivity contribution >= 4 is 21.7 Å². The second-order valence-electron chi connectivity index (χ2n) is 8.58. The largest absolute Gasteiger partial charge is 0.497 e. The SMILES string of the molecule is CCCCN(CC(=O)Nc1cc(-c2ccccc2)nn1-c1ccc(OC)cc1)S(=O)(=O)c1ccc(F)cc1. The van der Waals surface area contributed by atoms with E-state index in [1.165, 1.54) is 12.1 Å². The third-order valence-electron chi connectivity index (χ3n) is 5.90. The molecule has 0 aliphatic rings. The number of halogens is 1. The summed E-state index contributed by atoms with van der Waals surface area (Å²) in [6.07, 6.45) is 1.30. The molecule has 1 N–H and O–H groups in total. The zero-order chi connectivity index (χ0) is 27.1. The summed E-state index contributed by atoms with van der Waals surface area (Å²) in [7, 11) is -2.44. The van der Waals surface area contributed by atoms with E-state index in [9.17, 15) is 17.6 Å². The first-order valence-electron chi connectivity index (χ1n) is 12.2. The molecule has 10 heteroatoms. The minimum Gasteiger partial charge on any atom is -0.497 e. The van der Waals surface area contributed by atoms with Crippen LogP contribution in [0.15, 0.2) is 89.8 Å². The van der Waals surface area contributed by atoms with Crippen molar-refractivity contribution in [3.8, 4) is 22.7 Å². The van der Waals surface area contributed by atoms with E-state index in [1.54, 1.807) is 30.0 Å². The molecule has 8 nitrogen and oxygen atoms in total. The standard InChI is InChI=1S/C28H29FN4O4S/c1-3-4-18-32(38(35,36)25-16-10-22(29)11-17-25)20-28(34)30-27-19-26(21-8-6-5-7-9-21)31-33(27)23-12-14-24(37-2)15-13-23/h5-17,19H,3-4,18,20H2,1-2H3,(H,30,34). The van der Waals surface area contributed by atoms with Gasteiger partial charge in [-0.1, -0.05) is 43.7 Å². The van der Waals surface area contributed by atoms with E-state index >= 15 is 0 Å². The Kier molecular flexibility index (Phi) is 8.55. The Morgan fingerprint density at radius 1 is 1.03 bits per heavy atom. The van der Waals surface area contributed by atoms with Gasteiger partial charge in [0.15, 0.2) is 0 Å². The number of nitrogens with zero attached hydrogens (tertiary/aromatic N) is 3. The van der Waals surface area contributed by atoms with Crippen LogP contribution in [0.2, 0.25) is 0 Å². The zero-order valence-electron chi connectivity index (χ0n) is 21.2. The van der Waals surface area contributed by atoms with Crippen LogP contribution >= 0.6 is 0 Å². The summed E-state index contributed by atoms with van der Waals surface area (Å²) in [6.45, 7) is 1.67. The molecule has 0 saturated heterocycles. The topological polar surface area (TPSA) is 93.5 Å². The first-order chi connectivity index (χ1) is 18.3. The summed E-state index contributed by atoms with van der Waals surface area (Å²) < 4.78 is 47.9. The van der Waals surface area contributed by atoms with Crippen LogP contribution < -0.4 is 10.1 Å². The molecule has 0 radical (unpaired) electrons. The lowest BCUT2D eigenvalue weighted by atomic mass is 10.2. The number of rotatable bonds is 11. The van der Waals surface area contributed by atoms with Crippen molar-refractivity contribution in [1.29, 1.82) is 0 Å². The lowest BCUT2D eigenvalue weighted by molar-refractivity contribution is -0.116. The van der Waals surface area contributed by atoms with Crippen molar-refractivity contribution < 1.29 is 22.3 Å². The average Bonchev–Trinajstić information content (AvgIpc) is 3.35. The van der Waals surface area contributed by atoms with Gasteiger partial charge >= 0.3 is 0 Å². The Hall–Kier alpha value is -4.02. The van der Waals surface area contributed by atoms with Gasteiger partial charge in [0.1, 0.15) is 17.4 Å². The summed E-state index contributed by atoms with van der Waals surface area (Å²) in [5.74, 6) is -0.00939. The molecule has 4 aromatic rings. The fraction of sp³-hybridized carbons (Fsp3) is 0.214. The number of hydrogen-bond acceptors (Lipinski definition) is 5. The summed E-state index contributed by atoms with van der Waals surface area (Å²) in [5.41, 5.74) is 2.18. The highest BCUT2D eigenvalue weighted by molar-refractivity contribution is 7.89. The van der Waals surface area contributed by atoms with Crippen molar-refractivity contribution in [3.05, 3.63) is 90.7 Å². The van der Waals surface area contributed by atoms with Gasteiger partial charge in [-0.25, -0.2) is 17.5 Å². The number of amides is 1. The van der Waals surface area contributed by atoms with Crippen LogP contribution in [0.5, 0.6) is 5.75 Å². The van der Waals surface area contributed by atoms with E-state index < -0.39 is 28.3 Å². The average molecular weight is 537 g/mol. The minimum absolute atomic E-state index is 0.0718. The Bertz CT molecular complexity index is 1470. The molecule has 3 aromatic carbocycles.